The van der Waals surface area contributed by atoms with Crippen LogP contribution in [0.2, 0.25) is 0 Å². The molecule has 1 saturated heterocycles. The Labute approximate surface area is 181 Å². The molecule has 1 aliphatic heterocycles. The van der Waals surface area contributed by atoms with Crippen molar-refractivity contribution in [3.05, 3.63) is 49.1 Å². The standard InChI is InChI=1S/C23H27FN6O/c1-22-12-23(2,28(3)13-22)20(24)21(22)29(4)19-8-7-17(26-27-19)16-6-5-15(11-18(16)31)30-10-9-25-14-30/h5-11,14,20-21,31H,12-13H2,1-4H3/t20-,21-,22+,23+/m1/s1. The zero-order valence-corrected chi connectivity index (χ0v) is 18.2. The summed E-state index contributed by atoms with van der Waals surface area (Å²) in [5.41, 5.74) is 1.38. The Balaban J connectivity index is 1.40. The highest BCUT2D eigenvalue weighted by molar-refractivity contribution is 5.69. The number of hydrogen-bond donors (Lipinski definition) is 1. The molecule has 0 amide bonds. The van der Waals surface area contributed by atoms with E-state index in [-0.39, 0.29) is 17.2 Å². The number of imidazole rings is 1. The third kappa shape index (κ3) is 2.92. The lowest BCUT2D eigenvalue weighted by atomic mass is 9.84. The molecule has 1 aromatic carbocycles. The Bertz CT molecular complexity index is 1100. The average Bonchev–Trinajstić information content (AvgIpc) is 3.40. The molecule has 1 saturated carbocycles. The number of phenolic OH excluding ortho intramolecular Hbond substituents is 1. The lowest BCUT2D eigenvalue weighted by Crippen LogP contribution is -2.59. The first-order valence-corrected chi connectivity index (χ1v) is 10.5. The number of likely N-dealkylation sites (tertiary alicyclic amines) is 1. The van der Waals surface area contributed by atoms with Crippen molar-refractivity contribution in [1.82, 2.24) is 24.6 Å². The maximum atomic E-state index is 15.5. The Morgan fingerprint density at radius 1 is 1.19 bits per heavy atom. The molecule has 2 aromatic heterocycles. The van der Waals surface area contributed by atoms with Crippen LogP contribution in [-0.4, -0.2) is 68.1 Å². The van der Waals surface area contributed by atoms with Gasteiger partial charge in [-0.2, -0.15) is 0 Å². The predicted octanol–water partition coefficient (Wildman–Crippen LogP) is 3.29. The summed E-state index contributed by atoms with van der Waals surface area (Å²) in [5, 5.41) is 19.2. The van der Waals surface area contributed by atoms with Gasteiger partial charge in [0.25, 0.3) is 0 Å². The van der Waals surface area contributed by atoms with Gasteiger partial charge in [-0.3, -0.25) is 4.90 Å². The van der Waals surface area contributed by atoms with Gasteiger partial charge < -0.3 is 14.6 Å². The topological polar surface area (TPSA) is 70.3 Å². The number of nitrogens with zero attached hydrogens (tertiary/aromatic N) is 6. The van der Waals surface area contributed by atoms with Crippen molar-refractivity contribution >= 4 is 5.82 Å². The van der Waals surface area contributed by atoms with Crippen LogP contribution in [0.25, 0.3) is 16.9 Å². The van der Waals surface area contributed by atoms with Gasteiger partial charge in [0, 0.05) is 43.0 Å². The van der Waals surface area contributed by atoms with Crippen molar-refractivity contribution in [3.63, 3.8) is 0 Å². The summed E-state index contributed by atoms with van der Waals surface area (Å²) in [7, 11) is 3.90. The Kier molecular flexibility index (Phi) is 4.34. The molecular weight excluding hydrogens is 395 g/mol. The number of hydrogen-bond acceptors (Lipinski definition) is 6. The van der Waals surface area contributed by atoms with Gasteiger partial charge in [0.1, 0.15) is 11.9 Å². The molecule has 0 spiro atoms. The van der Waals surface area contributed by atoms with Crippen LogP contribution in [0.15, 0.2) is 49.1 Å². The van der Waals surface area contributed by atoms with Crippen molar-refractivity contribution in [3.8, 4) is 22.7 Å². The van der Waals surface area contributed by atoms with Crippen molar-refractivity contribution in [2.45, 2.75) is 38.0 Å². The van der Waals surface area contributed by atoms with E-state index in [0.29, 0.717) is 17.1 Å². The Morgan fingerprint density at radius 3 is 2.58 bits per heavy atom. The predicted molar refractivity (Wildman–Crippen MR) is 117 cm³/mol. The molecular formula is C23H27FN6O. The number of piperidine rings is 1. The minimum Gasteiger partial charge on any atom is -0.507 e. The van der Waals surface area contributed by atoms with E-state index in [1.807, 2.05) is 60.9 Å². The second-order valence-electron chi connectivity index (χ2n) is 9.45. The van der Waals surface area contributed by atoms with Gasteiger partial charge in [0.05, 0.1) is 29.3 Å². The number of benzene rings is 1. The summed E-state index contributed by atoms with van der Waals surface area (Å²) in [6.07, 6.45) is 5.02. The number of halogens is 1. The van der Waals surface area contributed by atoms with Crippen LogP contribution in [0.4, 0.5) is 10.2 Å². The van der Waals surface area contributed by atoms with Gasteiger partial charge in [0.15, 0.2) is 5.82 Å². The van der Waals surface area contributed by atoms with E-state index in [0.717, 1.165) is 18.7 Å². The first-order chi connectivity index (χ1) is 14.7. The van der Waals surface area contributed by atoms with E-state index < -0.39 is 11.7 Å². The smallest absolute Gasteiger partial charge is 0.151 e. The Hall–Kier alpha value is -3.00. The molecule has 0 radical (unpaired) electrons. The van der Waals surface area contributed by atoms with Crippen LogP contribution >= 0.6 is 0 Å². The molecule has 1 N–H and O–H groups in total. The van der Waals surface area contributed by atoms with Gasteiger partial charge in [-0.05, 0) is 44.7 Å². The fraction of sp³-hybridized carbons (Fsp3) is 0.435. The maximum absolute atomic E-state index is 15.5. The van der Waals surface area contributed by atoms with Crippen LogP contribution < -0.4 is 4.90 Å². The van der Waals surface area contributed by atoms with Gasteiger partial charge >= 0.3 is 0 Å². The van der Waals surface area contributed by atoms with E-state index in [1.165, 1.54) is 0 Å². The van der Waals surface area contributed by atoms with Crippen molar-refractivity contribution in [2.75, 3.05) is 25.5 Å². The minimum absolute atomic E-state index is 0.113. The lowest BCUT2D eigenvalue weighted by Gasteiger charge is -2.45. The Morgan fingerprint density at radius 2 is 2.00 bits per heavy atom. The maximum Gasteiger partial charge on any atom is 0.151 e. The third-order valence-corrected chi connectivity index (χ3v) is 7.31. The van der Waals surface area contributed by atoms with Crippen molar-refractivity contribution in [2.24, 2.45) is 5.41 Å². The number of fused-ring (bicyclic) bond motifs is 2. The monoisotopic (exact) mass is 422 g/mol. The highest BCUT2D eigenvalue weighted by Gasteiger charge is 2.66. The molecule has 0 unspecified atom stereocenters. The molecule has 3 heterocycles. The normalized spacial score (nSPS) is 30.1. The summed E-state index contributed by atoms with van der Waals surface area (Å²) in [4.78, 5) is 8.10. The van der Waals surface area contributed by atoms with Crippen molar-refractivity contribution in [1.29, 1.82) is 0 Å². The van der Waals surface area contributed by atoms with E-state index in [1.54, 1.807) is 18.6 Å². The first-order valence-electron chi connectivity index (χ1n) is 10.5. The molecule has 2 bridgehead atoms. The van der Waals surface area contributed by atoms with Crippen LogP contribution in [-0.2, 0) is 0 Å². The molecule has 162 valence electrons. The van der Waals surface area contributed by atoms with E-state index in [2.05, 4.69) is 27.0 Å². The molecule has 2 fully saturated rings. The molecule has 1 aliphatic carbocycles. The molecule has 7 nitrogen and oxygen atoms in total. The highest BCUT2D eigenvalue weighted by Crippen LogP contribution is 2.56. The number of aromatic hydroxyl groups is 1. The molecule has 2 aliphatic rings. The summed E-state index contributed by atoms with van der Waals surface area (Å²) in [5.74, 6) is 0.743. The molecule has 8 heteroatoms. The third-order valence-electron chi connectivity index (χ3n) is 7.31. The van der Waals surface area contributed by atoms with Gasteiger partial charge in [-0.1, -0.05) is 6.92 Å². The van der Waals surface area contributed by atoms with Crippen LogP contribution in [0.3, 0.4) is 0 Å². The molecule has 31 heavy (non-hydrogen) atoms. The summed E-state index contributed by atoms with van der Waals surface area (Å²) in [6, 6.07) is 8.78. The van der Waals surface area contributed by atoms with E-state index in [4.69, 9.17) is 0 Å². The van der Waals surface area contributed by atoms with Crippen LogP contribution in [0, 0.1) is 5.41 Å². The fourth-order valence-corrected chi connectivity index (χ4v) is 5.70. The fourth-order valence-electron chi connectivity index (χ4n) is 5.70. The number of alkyl halides is 1. The zero-order valence-electron chi connectivity index (χ0n) is 18.2. The van der Waals surface area contributed by atoms with Crippen molar-refractivity contribution < 1.29 is 9.50 Å². The number of aromatic nitrogens is 4. The summed E-state index contributed by atoms with van der Waals surface area (Å²) >= 11 is 0. The number of rotatable bonds is 4. The first kappa shape index (κ1) is 19.9. The second-order valence-corrected chi connectivity index (χ2v) is 9.45. The summed E-state index contributed by atoms with van der Waals surface area (Å²) in [6.45, 7) is 5.04. The van der Waals surface area contributed by atoms with E-state index >= 15 is 4.39 Å². The van der Waals surface area contributed by atoms with Gasteiger partial charge in [-0.25, -0.2) is 9.37 Å². The van der Waals surface area contributed by atoms with Crippen LogP contribution in [0.5, 0.6) is 5.75 Å². The molecule has 5 rings (SSSR count). The van der Waals surface area contributed by atoms with Gasteiger partial charge in [-0.15, -0.1) is 10.2 Å². The number of anilines is 1. The summed E-state index contributed by atoms with van der Waals surface area (Å²) < 4.78 is 17.3. The largest absolute Gasteiger partial charge is 0.507 e. The molecule has 3 aromatic rings. The lowest BCUT2D eigenvalue weighted by molar-refractivity contribution is 0.0410. The zero-order chi connectivity index (χ0) is 22.0. The van der Waals surface area contributed by atoms with E-state index in [9.17, 15) is 5.11 Å². The quantitative estimate of drug-likeness (QED) is 0.696. The average molecular weight is 423 g/mol. The molecule has 4 atom stereocenters. The SMILES string of the molecule is CN(c1ccc(-c2ccc(-n3ccnc3)cc2O)nn1)[C@@H]1[C@@H](F)[C@]2(C)C[C@@]1(C)CN2C. The van der Waals surface area contributed by atoms with Crippen LogP contribution in [0.1, 0.15) is 20.3 Å². The van der Waals surface area contributed by atoms with Gasteiger partial charge in [0.2, 0.25) is 0 Å². The number of phenols is 1. The minimum atomic E-state index is -0.970. The second kappa shape index (κ2) is 6.75. The highest BCUT2D eigenvalue weighted by atomic mass is 19.1.